The molecule has 5 atom stereocenters. The SMILES string of the molecule is C=CCCCCOC(=O)[C@H]1[C@H]2C(=O)N(CCCCCCO)C(C(=O)N(CC=C)Cc3ccccc3)C23CC[C@]1(CC)O3. The number of unbranched alkanes of at least 4 members (excludes halogenated alkanes) is 5. The number of nitrogens with zero attached hydrogens (tertiary/aromatic N) is 2. The Morgan fingerprint density at radius 2 is 1.86 bits per heavy atom. The number of benzene rings is 1. The molecule has 1 N–H and O–H groups in total. The maximum Gasteiger partial charge on any atom is 0.312 e. The molecule has 3 saturated heterocycles. The van der Waals surface area contributed by atoms with E-state index in [0.29, 0.717) is 51.7 Å². The Hall–Kier alpha value is -2.97. The van der Waals surface area contributed by atoms with E-state index in [2.05, 4.69) is 13.2 Å². The molecule has 0 saturated carbocycles. The van der Waals surface area contributed by atoms with Gasteiger partial charge in [-0.25, -0.2) is 0 Å². The number of rotatable bonds is 18. The first-order valence-corrected chi connectivity index (χ1v) is 15.7. The molecule has 1 aromatic rings. The normalized spacial score (nSPS) is 27.6. The summed E-state index contributed by atoms with van der Waals surface area (Å²) >= 11 is 0. The van der Waals surface area contributed by atoms with E-state index in [-0.39, 0.29) is 25.0 Å². The largest absolute Gasteiger partial charge is 0.465 e. The van der Waals surface area contributed by atoms with Crippen molar-refractivity contribution >= 4 is 17.8 Å². The van der Waals surface area contributed by atoms with Gasteiger partial charge in [0, 0.05) is 26.2 Å². The van der Waals surface area contributed by atoms with Crippen molar-refractivity contribution in [1.82, 2.24) is 9.80 Å². The van der Waals surface area contributed by atoms with Gasteiger partial charge in [-0.05, 0) is 56.9 Å². The molecule has 3 aliphatic heterocycles. The summed E-state index contributed by atoms with van der Waals surface area (Å²) in [6.07, 6.45) is 10.8. The second-order valence-corrected chi connectivity index (χ2v) is 11.9. The lowest BCUT2D eigenvalue weighted by Crippen LogP contribution is -2.56. The minimum atomic E-state index is -1.07. The summed E-state index contributed by atoms with van der Waals surface area (Å²) in [4.78, 5) is 46.0. The van der Waals surface area contributed by atoms with Crippen LogP contribution in [0.1, 0.15) is 76.7 Å². The van der Waals surface area contributed by atoms with Gasteiger partial charge in [-0.3, -0.25) is 14.4 Å². The second kappa shape index (κ2) is 14.5. The molecule has 3 aliphatic rings. The number of hydrogen-bond acceptors (Lipinski definition) is 6. The van der Waals surface area contributed by atoms with E-state index in [4.69, 9.17) is 9.47 Å². The van der Waals surface area contributed by atoms with Gasteiger partial charge in [0.2, 0.25) is 11.8 Å². The third-order valence-corrected chi connectivity index (χ3v) is 9.40. The van der Waals surface area contributed by atoms with Gasteiger partial charge in [0.1, 0.15) is 17.6 Å². The zero-order valence-corrected chi connectivity index (χ0v) is 25.2. The van der Waals surface area contributed by atoms with Gasteiger partial charge in [-0.1, -0.05) is 62.2 Å². The summed E-state index contributed by atoms with van der Waals surface area (Å²) in [7, 11) is 0. The number of hydrogen-bond donors (Lipinski definition) is 1. The van der Waals surface area contributed by atoms with Gasteiger partial charge in [0.15, 0.2) is 0 Å². The molecule has 3 fully saturated rings. The molecular weight excluding hydrogens is 532 g/mol. The van der Waals surface area contributed by atoms with Gasteiger partial charge in [0.25, 0.3) is 0 Å². The molecule has 1 aromatic carbocycles. The van der Waals surface area contributed by atoms with Crippen molar-refractivity contribution in [3.05, 3.63) is 61.2 Å². The first kappa shape index (κ1) is 32.0. The number of aliphatic hydroxyl groups excluding tert-OH is 1. The Bertz CT molecular complexity index is 1110. The molecule has 230 valence electrons. The molecule has 1 spiro atoms. The number of carbonyl (C=O) groups is 3. The van der Waals surface area contributed by atoms with Crippen LogP contribution in [0, 0.1) is 11.8 Å². The molecule has 0 aromatic heterocycles. The van der Waals surface area contributed by atoms with Crippen LogP contribution in [0.2, 0.25) is 0 Å². The van der Waals surface area contributed by atoms with Crippen molar-refractivity contribution in [3.63, 3.8) is 0 Å². The van der Waals surface area contributed by atoms with Crippen LogP contribution in [0.15, 0.2) is 55.6 Å². The quantitative estimate of drug-likeness (QED) is 0.152. The maximum absolute atomic E-state index is 14.5. The van der Waals surface area contributed by atoms with Gasteiger partial charge >= 0.3 is 5.97 Å². The first-order valence-electron chi connectivity index (χ1n) is 15.7. The number of aliphatic hydroxyl groups is 1. The molecule has 0 radical (unpaired) electrons. The highest BCUT2D eigenvalue weighted by Gasteiger charge is 2.79. The molecule has 3 heterocycles. The van der Waals surface area contributed by atoms with E-state index < -0.39 is 35.0 Å². The third kappa shape index (κ3) is 6.20. The zero-order chi connectivity index (χ0) is 30.2. The van der Waals surface area contributed by atoms with Crippen LogP contribution < -0.4 is 0 Å². The number of likely N-dealkylation sites (tertiary alicyclic amines) is 1. The highest BCUT2D eigenvalue weighted by atomic mass is 16.6. The van der Waals surface area contributed by atoms with E-state index in [1.165, 1.54) is 0 Å². The van der Waals surface area contributed by atoms with Crippen LogP contribution in [-0.4, -0.2) is 76.2 Å². The first-order chi connectivity index (χ1) is 20.4. The number of ether oxygens (including phenoxy) is 2. The van der Waals surface area contributed by atoms with Gasteiger partial charge in [-0.2, -0.15) is 0 Å². The Morgan fingerprint density at radius 3 is 2.55 bits per heavy atom. The highest BCUT2D eigenvalue weighted by Crippen LogP contribution is 2.64. The van der Waals surface area contributed by atoms with Crippen molar-refractivity contribution < 1.29 is 29.0 Å². The third-order valence-electron chi connectivity index (χ3n) is 9.40. The Morgan fingerprint density at radius 1 is 1.10 bits per heavy atom. The molecule has 4 rings (SSSR count). The van der Waals surface area contributed by atoms with Gasteiger partial charge in [0.05, 0.1) is 18.1 Å². The summed E-state index contributed by atoms with van der Waals surface area (Å²) < 4.78 is 12.6. The monoisotopic (exact) mass is 580 g/mol. The second-order valence-electron chi connectivity index (χ2n) is 11.9. The minimum Gasteiger partial charge on any atom is -0.465 e. The summed E-state index contributed by atoms with van der Waals surface area (Å²) in [5.41, 5.74) is -0.897. The van der Waals surface area contributed by atoms with E-state index in [1.807, 2.05) is 43.3 Å². The Labute approximate surface area is 250 Å². The van der Waals surface area contributed by atoms with E-state index in [9.17, 15) is 19.5 Å². The van der Waals surface area contributed by atoms with Crippen LogP contribution in [0.3, 0.4) is 0 Å². The lowest BCUT2D eigenvalue weighted by atomic mass is 9.65. The zero-order valence-electron chi connectivity index (χ0n) is 25.2. The molecule has 8 nitrogen and oxygen atoms in total. The average Bonchev–Trinajstić information content (AvgIpc) is 3.60. The lowest BCUT2D eigenvalue weighted by molar-refractivity contribution is -0.162. The van der Waals surface area contributed by atoms with Crippen LogP contribution >= 0.6 is 0 Å². The molecular formula is C34H48N2O6. The molecule has 2 bridgehead atoms. The number of allylic oxidation sites excluding steroid dienone is 1. The van der Waals surface area contributed by atoms with Crippen LogP contribution in [0.25, 0.3) is 0 Å². The van der Waals surface area contributed by atoms with Crippen LogP contribution in [-0.2, 0) is 30.4 Å². The predicted octanol–water partition coefficient (Wildman–Crippen LogP) is 4.81. The number of esters is 1. The summed E-state index contributed by atoms with van der Waals surface area (Å²) in [5, 5.41) is 9.19. The molecule has 42 heavy (non-hydrogen) atoms. The van der Waals surface area contributed by atoms with Crippen LogP contribution in [0.4, 0.5) is 0 Å². The summed E-state index contributed by atoms with van der Waals surface area (Å²) in [5.74, 6) is -2.23. The maximum atomic E-state index is 14.5. The van der Waals surface area contributed by atoms with Crippen molar-refractivity contribution in [3.8, 4) is 0 Å². The van der Waals surface area contributed by atoms with Crippen molar-refractivity contribution in [2.45, 2.75) is 94.9 Å². The Kier molecular flexibility index (Phi) is 11.0. The number of amides is 2. The fourth-order valence-corrected chi connectivity index (χ4v) is 7.36. The average molecular weight is 581 g/mol. The number of fused-ring (bicyclic) bond motifs is 1. The standard InChI is InChI=1S/C34H48N2O6/c1-4-7-8-16-24-41-32(40)28-27-30(38)36(22-14-9-10-15-23-37)29(34(27)20-19-33(28,6-3)42-34)31(39)35(21-5-2)25-26-17-12-11-13-18-26/h4-5,11-13,17-18,27-29,37H,1-2,6-10,14-16,19-25H2,3H3/t27-,28+,29?,33-,34?/m0/s1. The lowest BCUT2D eigenvalue weighted by Gasteiger charge is -2.37. The topological polar surface area (TPSA) is 96.4 Å². The molecule has 2 amide bonds. The van der Waals surface area contributed by atoms with Gasteiger partial charge < -0.3 is 24.4 Å². The Balaban J connectivity index is 1.65. The van der Waals surface area contributed by atoms with E-state index >= 15 is 0 Å². The summed E-state index contributed by atoms with van der Waals surface area (Å²) in [6, 6.07) is 8.96. The van der Waals surface area contributed by atoms with E-state index in [0.717, 1.165) is 37.7 Å². The fraction of sp³-hybridized carbons (Fsp3) is 0.618. The van der Waals surface area contributed by atoms with Crippen molar-refractivity contribution in [2.75, 3.05) is 26.3 Å². The molecule has 8 heteroatoms. The van der Waals surface area contributed by atoms with Crippen molar-refractivity contribution in [2.24, 2.45) is 11.8 Å². The fourth-order valence-electron chi connectivity index (χ4n) is 7.36. The number of carbonyl (C=O) groups excluding carboxylic acids is 3. The molecule has 0 aliphatic carbocycles. The molecule has 2 unspecified atom stereocenters. The van der Waals surface area contributed by atoms with E-state index in [1.54, 1.807) is 15.9 Å². The van der Waals surface area contributed by atoms with Crippen molar-refractivity contribution in [1.29, 1.82) is 0 Å². The van der Waals surface area contributed by atoms with Crippen LogP contribution in [0.5, 0.6) is 0 Å². The minimum absolute atomic E-state index is 0.134. The highest BCUT2D eigenvalue weighted by molar-refractivity contribution is 5.98. The summed E-state index contributed by atoms with van der Waals surface area (Å²) in [6.45, 7) is 11.2. The smallest absolute Gasteiger partial charge is 0.312 e. The van der Waals surface area contributed by atoms with Gasteiger partial charge in [-0.15, -0.1) is 13.2 Å². The predicted molar refractivity (Wildman–Crippen MR) is 161 cm³/mol.